The molecule has 2 atom stereocenters. The van der Waals surface area contributed by atoms with Crippen molar-refractivity contribution in [3.05, 3.63) is 47.6 Å². The van der Waals surface area contributed by atoms with E-state index in [1.54, 1.807) is 0 Å². The number of rotatable bonds is 3. The molecule has 5 nitrogen and oxygen atoms in total. The van der Waals surface area contributed by atoms with Crippen LogP contribution < -0.4 is 5.73 Å². The van der Waals surface area contributed by atoms with Gasteiger partial charge in [0.15, 0.2) is 0 Å². The smallest absolute Gasteiger partial charge is 0.248 e. The van der Waals surface area contributed by atoms with Crippen LogP contribution >= 0.6 is 0 Å². The van der Waals surface area contributed by atoms with Crippen LogP contribution in [0.3, 0.4) is 0 Å². The van der Waals surface area contributed by atoms with Crippen LogP contribution in [0.1, 0.15) is 43.1 Å². The van der Waals surface area contributed by atoms with Gasteiger partial charge in [-0.3, -0.25) is 0 Å². The fraction of sp³-hybridized carbons (Fsp3) is 0.429. The summed E-state index contributed by atoms with van der Waals surface area (Å²) < 4.78 is 11.0. The van der Waals surface area contributed by atoms with Crippen molar-refractivity contribution in [2.24, 2.45) is 5.73 Å². The molecule has 5 heteroatoms. The van der Waals surface area contributed by atoms with Crippen LogP contribution in [0.15, 0.2) is 34.9 Å². The van der Waals surface area contributed by atoms with Gasteiger partial charge >= 0.3 is 0 Å². The van der Waals surface area contributed by atoms with Crippen molar-refractivity contribution in [2.45, 2.75) is 31.4 Å². The summed E-state index contributed by atoms with van der Waals surface area (Å²) in [7, 11) is 0. The zero-order valence-corrected chi connectivity index (χ0v) is 10.9. The second-order valence-electron chi connectivity index (χ2n) is 5.03. The third-order valence-corrected chi connectivity index (χ3v) is 3.56. The van der Waals surface area contributed by atoms with Gasteiger partial charge in [0.1, 0.15) is 11.6 Å². The van der Waals surface area contributed by atoms with Crippen molar-refractivity contribution in [3.63, 3.8) is 0 Å². The summed E-state index contributed by atoms with van der Waals surface area (Å²) in [6.07, 6.45) is 1.93. The Morgan fingerprint density at radius 3 is 2.79 bits per heavy atom. The number of hydrogen-bond donors (Lipinski definition) is 1. The zero-order valence-electron chi connectivity index (χ0n) is 10.9. The molecule has 2 N–H and O–H groups in total. The summed E-state index contributed by atoms with van der Waals surface area (Å²) in [4.78, 5) is 4.41. The maximum Gasteiger partial charge on any atom is 0.248 e. The Morgan fingerprint density at radius 2 is 2.11 bits per heavy atom. The quantitative estimate of drug-likeness (QED) is 0.914. The van der Waals surface area contributed by atoms with E-state index in [2.05, 4.69) is 10.1 Å². The highest BCUT2D eigenvalue weighted by Crippen LogP contribution is 2.34. The lowest BCUT2D eigenvalue weighted by Crippen LogP contribution is -2.22. The Bertz CT molecular complexity index is 547. The average Bonchev–Trinajstić information content (AvgIpc) is 3.08. The first-order chi connectivity index (χ1) is 9.19. The highest BCUT2D eigenvalue weighted by atomic mass is 16.5. The van der Waals surface area contributed by atoms with Gasteiger partial charge in [-0.15, -0.1) is 0 Å². The van der Waals surface area contributed by atoms with Crippen molar-refractivity contribution >= 4 is 0 Å². The summed E-state index contributed by atoms with van der Waals surface area (Å²) in [6.45, 7) is 2.73. The van der Waals surface area contributed by atoms with Crippen LogP contribution in [0, 0.1) is 0 Å². The van der Waals surface area contributed by atoms with E-state index in [9.17, 15) is 0 Å². The zero-order chi connectivity index (χ0) is 13.3. The maximum absolute atomic E-state index is 6.13. The summed E-state index contributed by atoms with van der Waals surface area (Å²) >= 11 is 0. The standard InChI is InChI=1S/C14H17N3O2/c1-14(8-5-9-18-14)13-16-12(19-17-13)11(15)10-6-3-2-4-7-10/h2-4,6-7,11H,5,8-9,15H2,1H3/t11-,14?/m1/s1. The van der Waals surface area contributed by atoms with Crippen molar-refractivity contribution in [3.8, 4) is 0 Å². The number of nitrogens with two attached hydrogens (primary N) is 1. The van der Waals surface area contributed by atoms with E-state index in [1.807, 2.05) is 37.3 Å². The summed E-state index contributed by atoms with van der Waals surface area (Å²) in [5.74, 6) is 1.02. The number of benzene rings is 1. The van der Waals surface area contributed by atoms with E-state index in [4.69, 9.17) is 15.0 Å². The monoisotopic (exact) mass is 259 g/mol. The Kier molecular flexibility index (Phi) is 3.08. The first-order valence-electron chi connectivity index (χ1n) is 6.48. The molecule has 0 amide bonds. The molecule has 1 aromatic heterocycles. The molecule has 0 aliphatic carbocycles. The van der Waals surface area contributed by atoms with Gasteiger partial charge in [-0.2, -0.15) is 4.98 Å². The molecule has 1 aliphatic heterocycles. The second-order valence-corrected chi connectivity index (χ2v) is 5.03. The van der Waals surface area contributed by atoms with Crippen LogP contribution in [-0.4, -0.2) is 16.7 Å². The van der Waals surface area contributed by atoms with Crippen LogP contribution in [0.4, 0.5) is 0 Å². The van der Waals surface area contributed by atoms with Crippen LogP contribution in [0.2, 0.25) is 0 Å². The maximum atomic E-state index is 6.13. The fourth-order valence-electron chi connectivity index (χ4n) is 2.33. The van der Waals surface area contributed by atoms with Gasteiger partial charge < -0.3 is 15.0 Å². The molecule has 0 bridgehead atoms. The molecular formula is C14H17N3O2. The van der Waals surface area contributed by atoms with Gasteiger partial charge in [0.2, 0.25) is 11.7 Å². The van der Waals surface area contributed by atoms with E-state index in [-0.39, 0.29) is 0 Å². The molecule has 1 aromatic carbocycles. The lowest BCUT2D eigenvalue weighted by Gasteiger charge is -2.17. The third kappa shape index (κ3) is 2.27. The third-order valence-electron chi connectivity index (χ3n) is 3.56. The topological polar surface area (TPSA) is 74.2 Å². The molecule has 0 spiro atoms. The predicted molar refractivity (Wildman–Crippen MR) is 69.3 cm³/mol. The van der Waals surface area contributed by atoms with Crippen molar-refractivity contribution in [2.75, 3.05) is 6.61 Å². The first-order valence-corrected chi connectivity index (χ1v) is 6.48. The van der Waals surface area contributed by atoms with Gasteiger partial charge in [0.25, 0.3) is 0 Å². The minimum atomic E-state index is -0.432. The van der Waals surface area contributed by atoms with Crippen molar-refractivity contribution in [1.29, 1.82) is 0 Å². The highest BCUT2D eigenvalue weighted by Gasteiger charge is 2.37. The van der Waals surface area contributed by atoms with Crippen LogP contribution in [-0.2, 0) is 10.3 Å². The van der Waals surface area contributed by atoms with Gasteiger partial charge in [-0.05, 0) is 25.3 Å². The average molecular weight is 259 g/mol. The van der Waals surface area contributed by atoms with Gasteiger partial charge in [0, 0.05) is 6.61 Å². The summed E-state index contributed by atoms with van der Waals surface area (Å²) in [5.41, 5.74) is 6.66. The van der Waals surface area contributed by atoms with Gasteiger partial charge in [-0.25, -0.2) is 0 Å². The van der Waals surface area contributed by atoms with Gasteiger partial charge in [0.05, 0.1) is 0 Å². The lowest BCUT2D eigenvalue weighted by atomic mass is 10.0. The molecule has 1 fully saturated rings. The van der Waals surface area contributed by atoms with E-state index >= 15 is 0 Å². The number of hydrogen-bond acceptors (Lipinski definition) is 5. The second kappa shape index (κ2) is 4.75. The Balaban J connectivity index is 1.85. The molecule has 0 radical (unpaired) electrons. The minimum absolute atomic E-state index is 0.396. The van der Waals surface area contributed by atoms with Crippen molar-refractivity contribution < 1.29 is 9.26 Å². The molecule has 0 saturated carbocycles. The largest absolute Gasteiger partial charge is 0.367 e. The van der Waals surface area contributed by atoms with Crippen molar-refractivity contribution in [1.82, 2.24) is 10.1 Å². The minimum Gasteiger partial charge on any atom is -0.367 e. The Labute approximate surface area is 111 Å². The van der Waals surface area contributed by atoms with E-state index < -0.39 is 11.6 Å². The summed E-state index contributed by atoms with van der Waals surface area (Å²) in [6, 6.07) is 9.32. The molecule has 2 heterocycles. The van der Waals surface area contributed by atoms with E-state index in [0.717, 1.165) is 25.0 Å². The van der Waals surface area contributed by atoms with Gasteiger partial charge in [-0.1, -0.05) is 35.5 Å². The van der Waals surface area contributed by atoms with E-state index in [0.29, 0.717) is 11.7 Å². The number of ether oxygens (including phenoxy) is 1. The molecule has 1 saturated heterocycles. The molecule has 3 rings (SSSR count). The molecule has 1 aliphatic rings. The summed E-state index contributed by atoms with van der Waals surface area (Å²) in [5, 5.41) is 4.03. The molecule has 2 aromatic rings. The molecule has 1 unspecified atom stereocenters. The normalized spacial score (nSPS) is 24.5. The highest BCUT2D eigenvalue weighted by molar-refractivity contribution is 5.23. The van der Waals surface area contributed by atoms with Crippen LogP contribution in [0.5, 0.6) is 0 Å². The predicted octanol–water partition coefficient (Wildman–Crippen LogP) is 2.14. The fourth-order valence-corrected chi connectivity index (χ4v) is 2.33. The lowest BCUT2D eigenvalue weighted by molar-refractivity contribution is 0.00768. The first kappa shape index (κ1) is 12.3. The number of aromatic nitrogens is 2. The molecular weight excluding hydrogens is 242 g/mol. The van der Waals surface area contributed by atoms with Crippen LogP contribution in [0.25, 0.3) is 0 Å². The molecule has 19 heavy (non-hydrogen) atoms. The Hall–Kier alpha value is -1.72. The molecule has 100 valence electrons. The Morgan fingerprint density at radius 1 is 1.32 bits per heavy atom. The van der Waals surface area contributed by atoms with E-state index in [1.165, 1.54) is 0 Å². The number of nitrogens with zero attached hydrogens (tertiary/aromatic N) is 2. The SMILES string of the molecule is CC1(c2noc([C@H](N)c3ccccc3)n2)CCCO1.